The summed E-state index contributed by atoms with van der Waals surface area (Å²) in [6.45, 7) is 2.49. The van der Waals surface area contributed by atoms with Crippen molar-refractivity contribution in [3.63, 3.8) is 0 Å². The van der Waals surface area contributed by atoms with Crippen LogP contribution in [0.1, 0.15) is 17.3 Å². The SMILES string of the molecule is CCOc1ccc(C(=O)/C=C/C(=O)N(C)C)cc1. The van der Waals surface area contributed by atoms with Crippen LogP contribution in [0.3, 0.4) is 0 Å². The Bertz CT molecular complexity index is 447. The van der Waals surface area contributed by atoms with E-state index in [1.165, 1.54) is 17.1 Å². The molecule has 0 saturated carbocycles. The highest BCUT2D eigenvalue weighted by Gasteiger charge is 2.04. The fourth-order valence-electron chi connectivity index (χ4n) is 1.27. The molecule has 0 aliphatic heterocycles. The number of allylic oxidation sites excluding steroid dienone is 1. The van der Waals surface area contributed by atoms with Crippen LogP contribution in [-0.2, 0) is 4.79 Å². The molecule has 0 spiro atoms. The Kier molecular flexibility index (Phi) is 5.11. The molecule has 0 heterocycles. The maximum absolute atomic E-state index is 11.7. The largest absolute Gasteiger partial charge is 0.494 e. The fraction of sp³-hybridized carbons (Fsp3) is 0.286. The fourth-order valence-corrected chi connectivity index (χ4v) is 1.27. The third-order valence-electron chi connectivity index (χ3n) is 2.27. The number of ketones is 1. The molecule has 0 aliphatic carbocycles. The maximum Gasteiger partial charge on any atom is 0.246 e. The summed E-state index contributed by atoms with van der Waals surface area (Å²) < 4.78 is 5.28. The molecule has 1 aromatic carbocycles. The summed E-state index contributed by atoms with van der Waals surface area (Å²) in [6, 6.07) is 6.83. The van der Waals surface area contributed by atoms with Gasteiger partial charge in [-0.05, 0) is 37.3 Å². The Morgan fingerprint density at radius 2 is 1.78 bits per heavy atom. The maximum atomic E-state index is 11.7. The zero-order chi connectivity index (χ0) is 13.5. The lowest BCUT2D eigenvalue weighted by atomic mass is 10.1. The van der Waals surface area contributed by atoms with Gasteiger partial charge in [0.15, 0.2) is 5.78 Å². The van der Waals surface area contributed by atoms with E-state index in [1.54, 1.807) is 38.4 Å². The van der Waals surface area contributed by atoms with Gasteiger partial charge in [0.2, 0.25) is 5.91 Å². The lowest BCUT2D eigenvalue weighted by molar-refractivity contribution is -0.123. The standard InChI is InChI=1S/C14H17NO3/c1-4-18-12-7-5-11(6-8-12)13(16)9-10-14(17)15(2)3/h5-10H,4H2,1-3H3/b10-9+. The summed E-state index contributed by atoms with van der Waals surface area (Å²) in [7, 11) is 3.27. The van der Waals surface area contributed by atoms with E-state index in [2.05, 4.69) is 0 Å². The van der Waals surface area contributed by atoms with Crippen molar-refractivity contribution in [3.05, 3.63) is 42.0 Å². The third kappa shape index (κ3) is 4.05. The Balaban J connectivity index is 2.70. The van der Waals surface area contributed by atoms with Gasteiger partial charge in [-0.2, -0.15) is 0 Å². The molecule has 0 radical (unpaired) electrons. The number of rotatable bonds is 5. The van der Waals surface area contributed by atoms with Crippen molar-refractivity contribution in [2.75, 3.05) is 20.7 Å². The first-order valence-corrected chi connectivity index (χ1v) is 5.71. The van der Waals surface area contributed by atoms with Crippen LogP contribution in [-0.4, -0.2) is 37.3 Å². The van der Waals surface area contributed by atoms with E-state index in [0.717, 1.165) is 5.75 Å². The Labute approximate surface area is 107 Å². The van der Waals surface area contributed by atoms with E-state index in [-0.39, 0.29) is 11.7 Å². The average Bonchev–Trinajstić information content (AvgIpc) is 2.36. The van der Waals surface area contributed by atoms with Crippen LogP contribution >= 0.6 is 0 Å². The Morgan fingerprint density at radius 1 is 1.17 bits per heavy atom. The topological polar surface area (TPSA) is 46.6 Å². The first kappa shape index (κ1) is 14.0. The van der Waals surface area contributed by atoms with E-state index in [4.69, 9.17) is 4.74 Å². The van der Waals surface area contributed by atoms with E-state index in [1.807, 2.05) is 6.92 Å². The van der Waals surface area contributed by atoms with Crippen LogP contribution in [0.5, 0.6) is 5.75 Å². The van der Waals surface area contributed by atoms with Gasteiger partial charge < -0.3 is 9.64 Å². The molecule has 4 heteroatoms. The molecule has 0 bridgehead atoms. The summed E-state index contributed by atoms with van der Waals surface area (Å²) >= 11 is 0. The molecule has 1 aromatic rings. The monoisotopic (exact) mass is 247 g/mol. The molecular weight excluding hydrogens is 230 g/mol. The Hall–Kier alpha value is -2.10. The van der Waals surface area contributed by atoms with Crippen molar-refractivity contribution in [2.45, 2.75) is 6.92 Å². The zero-order valence-electron chi connectivity index (χ0n) is 10.8. The van der Waals surface area contributed by atoms with Gasteiger partial charge in [0.25, 0.3) is 0 Å². The van der Waals surface area contributed by atoms with Crippen LogP contribution in [0, 0.1) is 0 Å². The highest BCUT2D eigenvalue weighted by molar-refractivity contribution is 6.07. The molecule has 0 saturated heterocycles. The summed E-state index contributed by atoms with van der Waals surface area (Å²) in [6.07, 6.45) is 2.54. The normalized spacial score (nSPS) is 10.4. The average molecular weight is 247 g/mol. The predicted octanol–water partition coefficient (Wildman–Crippen LogP) is 1.91. The van der Waals surface area contributed by atoms with Crippen LogP contribution in [0.2, 0.25) is 0 Å². The summed E-state index contributed by atoms with van der Waals surface area (Å²) in [5, 5.41) is 0. The summed E-state index contributed by atoms with van der Waals surface area (Å²) in [5.74, 6) is 0.310. The van der Waals surface area contributed by atoms with Crippen LogP contribution < -0.4 is 4.74 Å². The molecule has 0 fully saturated rings. The first-order chi connectivity index (χ1) is 8.54. The number of nitrogens with zero attached hydrogens (tertiary/aromatic N) is 1. The molecule has 0 unspecified atom stereocenters. The van der Waals surface area contributed by atoms with Gasteiger partial charge in [0, 0.05) is 25.7 Å². The summed E-state index contributed by atoms with van der Waals surface area (Å²) in [4.78, 5) is 24.4. The molecule has 0 aliphatic rings. The lowest BCUT2D eigenvalue weighted by Crippen LogP contribution is -2.19. The van der Waals surface area contributed by atoms with E-state index in [0.29, 0.717) is 12.2 Å². The minimum absolute atomic E-state index is 0.201. The molecule has 0 N–H and O–H groups in total. The third-order valence-corrected chi connectivity index (χ3v) is 2.27. The van der Waals surface area contributed by atoms with Crippen LogP contribution in [0.15, 0.2) is 36.4 Å². The summed E-state index contributed by atoms with van der Waals surface area (Å²) in [5.41, 5.74) is 0.529. The predicted molar refractivity (Wildman–Crippen MR) is 69.8 cm³/mol. The van der Waals surface area contributed by atoms with Gasteiger partial charge in [0.1, 0.15) is 5.75 Å². The van der Waals surface area contributed by atoms with Crippen molar-refractivity contribution in [3.8, 4) is 5.75 Å². The molecular formula is C14H17NO3. The van der Waals surface area contributed by atoms with E-state index < -0.39 is 0 Å². The van der Waals surface area contributed by atoms with Crippen molar-refractivity contribution >= 4 is 11.7 Å². The lowest BCUT2D eigenvalue weighted by Gasteiger charge is -2.05. The number of amides is 1. The first-order valence-electron chi connectivity index (χ1n) is 5.71. The minimum atomic E-state index is -0.214. The van der Waals surface area contributed by atoms with Gasteiger partial charge in [-0.15, -0.1) is 0 Å². The highest BCUT2D eigenvalue weighted by Crippen LogP contribution is 2.12. The molecule has 96 valence electrons. The van der Waals surface area contributed by atoms with E-state index in [9.17, 15) is 9.59 Å². The molecule has 0 aromatic heterocycles. The van der Waals surface area contributed by atoms with Crippen LogP contribution in [0.25, 0.3) is 0 Å². The van der Waals surface area contributed by atoms with Crippen molar-refractivity contribution < 1.29 is 14.3 Å². The van der Waals surface area contributed by atoms with Crippen molar-refractivity contribution in [2.24, 2.45) is 0 Å². The molecule has 1 amide bonds. The van der Waals surface area contributed by atoms with Crippen LogP contribution in [0.4, 0.5) is 0 Å². The van der Waals surface area contributed by atoms with Crippen molar-refractivity contribution in [1.29, 1.82) is 0 Å². The number of ether oxygens (including phenoxy) is 1. The number of hydrogen-bond acceptors (Lipinski definition) is 3. The molecule has 1 rings (SSSR count). The van der Waals surface area contributed by atoms with Gasteiger partial charge in [0.05, 0.1) is 6.61 Å². The van der Waals surface area contributed by atoms with Gasteiger partial charge in [-0.1, -0.05) is 0 Å². The zero-order valence-corrected chi connectivity index (χ0v) is 10.8. The highest BCUT2D eigenvalue weighted by atomic mass is 16.5. The molecule has 4 nitrogen and oxygen atoms in total. The minimum Gasteiger partial charge on any atom is -0.494 e. The second kappa shape index (κ2) is 6.59. The number of likely N-dealkylation sites (N-methyl/N-ethyl adjacent to an activating group) is 1. The number of benzene rings is 1. The molecule has 18 heavy (non-hydrogen) atoms. The number of carbonyl (C=O) groups is 2. The molecule has 0 atom stereocenters. The van der Waals surface area contributed by atoms with Gasteiger partial charge in [-0.25, -0.2) is 0 Å². The number of hydrogen-bond donors (Lipinski definition) is 0. The van der Waals surface area contributed by atoms with Gasteiger partial charge in [-0.3, -0.25) is 9.59 Å². The van der Waals surface area contributed by atoms with E-state index >= 15 is 0 Å². The Morgan fingerprint density at radius 3 is 2.28 bits per heavy atom. The second-order valence-electron chi connectivity index (χ2n) is 3.89. The van der Waals surface area contributed by atoms with Gasteiger partial charge >= 0.3 is 0 Å². The second-order valence-corrected chi connectivity index (χ2v) is 3.89. The van der Waals surface area contributed by atoms with Crippen molar-refractivity contribution in [1.82, 2.24) is 4.90 Å². The quantitative estimate of drug-likeness (QED) is 0.590. The number of carbonyl (C=O) groups excluding carboxylic acids is 2. The smallest absolute Gasteiger partial charge is 0.246 e.